The summed E-state index contributed by atoms with van der Waals surface area (Å²) in [7, 11) is 0. The summed E-state index contributed by atoms with van der Waals surface area (Å²) in [5.74, 6) is 2.79. The molecule has 4 aromatic rings. The molecule has 6 nitrogen and oxygen atoms in total. The molecule has 2 N–H and O–H groups in total. The highest BCUT2D eigenvalue weighted by Crippen LogP contribution is 2.34. The molecule has 3 aromatic carbocycles. The third-order valence-electron chi connectivity index (χ3n) is 5.05. The zero-order valence-electron chi connectivity index (χ0n) is 16.6. The summed E-state index contributed by atoms with van der Waals surface area (Å²) >= 11 is 0. The Kier molecular flexibility index (Phi) is 4.81. The van der Waals surface area contributed by atoms with Crippen LogP contribution in [0, 0.1) is 0 Å². The lowest BCUT2D eigenvalue weighted by Crippen LogP contribution is -2.15. The van der Waals surface area contributed by atoms with Gasteiger partial charge in [0.15, 0.2) is 11.5 Å². The van der Waals surface area contributed by atoms with Gasteiger partial charge in [0.05, 0.1) is 5.52 Å². The first-order valence-electron chi connectivity index (χ1n) is 10.0. The van der Waals surface area contributed by atoms with Gasteiger partial charge in [0.25, 0.3) is 0 Å². The van der Waals surface area contributed by atoms with Crippen LogP contribution in [0.25, 0.3) is 10.9 Å². The molecule has 0 radical (unpaired) electrons. The van der Waals surface area contributed by atoms with Crippen LogP contribution in [-0.2, 0) is 0 Å². The van der Waals surface area contributed by atoms with Gasteiger partial charge in [-0.3, -0.25) is 0 Å². The molecular weight excluding hydrogens is 376 g/mol. The van der Waals surface area contributed by atoms with Crippen molar-refractivity contribution in [1.29, 1.82) is 0 Å². The maximum Gasteiger partial charge on any atom is 0.229 e. The van der Waals surface area contributed by atoms with Gasteiger partial charge >= 0.3 is 0 Å². The van der Waals surface area contributed by atoms with E-state index in [0.29, 0.717) is 19.2 Å². The molecule has 0 spiro atoms. The smallest absolute Gasteiger partial charge is 0.229 e. The molecule has 1 aliphatic rings. The molecule has 0 saturated heterocycles. The van der Waals surface area contributed by atoms with Crippen molar-refractivity contribution >= 4 is 28.4 Å². The highest BCUT2D eigenvalue weighted by Gasteiger charge is 2.14. The Balaban J connectivity index is 1.47. The number of para-hydroxylation sites is 1. The van der Waals surface area contributed by atoms with E-state index in [0.717, 1.165) is 33.9 Å². The van der Waals surface area contributed by atoms with Crippen molar-refractivity contribution in [2.45, 2.75) is 13.0 Å². The van der Waals surface area contributed by atoms with Crippen molar-refractivity contribution in [1.82, 2.24) is 9.97 Å². The van der Waals surface area contributed by atoms with Crippen molar-refractivity contribution in [3.05, 3.63) is 78.4 Å². The Morgan fingerprint density at radius 1 is 0.833 bits per heavy atom. The van der Waals surface area contributed by atoms with Gasteiger partial charge in [0, 0.05) is 23.2 Å². The standard InChI is InChI=1S/C24H22N4O2/c1-16(17-7-3-2-4-8-17)25-23-19-9-5-6-10-20(19)27-24(28-23)26-18-11-12-21-22(15-18)30-14-13-29-21/h2-12,15-16H,13-14H2,1H3,(H2,25,26,27,28). The number of nitrogens with zero attached hydrogens (tertiary/aromatic N) is 2. The Morgan fingerprint density at radius 2 is 1.60 bits per heavy atom. The van der Waals surface area contributed by atoms with Crippen LogP contribution in [0.15, 0.2) is 72.8 Å². The van der Waals surface area contributed by atoms with Crippen molar-refractivity contribution in [2.75, 3.05) is 23.8 Å². The average molecular weight is 398 g/mol. The molecule has 6 heteroatoms. The quantitative estimate of drug-likeness (QED) is 0.474. The highest BCUT2D eigenvalue weighted by atomic mass is 16.6. The predicted octanol–water partition coefficient (Wildman–Crippen LogP) is 5.32. The molecule has 1 atom stereocenters. The minimum Gasteiger partial charge on any atom is -0.486 e. The molecular formula is C24H22N4O2. The third kappa shape index (κ3) is 3.72. The van der Waals surface area contributed by atoms with Crippen LogP contribution in [0.4, 0.5) is 17.5 Å². The maximum absolute atomic E-state index is 5.68. The van der Waals surface area contributed by atoms with Crippen LogP contribution < -0.4 is 20.1 Å². The molecule has 0 bridgehead atoms. The fourth-order valence-electron chi connectivity index (χ4n) is 3.52. The number of hydrogen-bond donors (Lipinski definition) is 2. The number of fused-ring (bicyclic) bond motifs is 2. The first-order valence-corrected chi connectivity index (χ1v) is 10.0. The van der Waals surface area contributed by atoms with Gasteiger partial charge in [-0.1, -0.05) is 42.5 Å². The molecule has 2 heterocycles. The lowest BCUT2D eigenvalue weighted by Gasteiger charge is -2.19. The van der Waals surface area contributed by atoms with Crippen LogP contribution in [0.3, 0.4) is 0 Å². The van der Waals surface area contributed by atoms with E-state index in [1.165, 1.54) is 5.56 Å². The molecule has 0 fully saturated rings. The van der Waals surface area contributed by atoms with E-state index in [2.05, 4.69) is 34.7 Å². The van der Waals surface area contributed by atoms with Gasteiger partial charge in [-0.05, 0) is 36.8 Å². The molecule has 0 saturated carbocycles. The Labute approximate surface area is 174 Å². The summed E-state index contributed by atoms with van der Waals surface area (Å²) in [4.78, 5) is 9.46. The summed E-state index contributed by atoms with van der Waals surface area (Å²) in [5, 5.41) is 7.82. The molecule has 150 valence electrons. The normalized spacial score (nSPS) is 13.6. The fourth-order valence-corrected chi connectivity index (χ4v) is 3.52. The SMILES string of the molecule is CC(Nc1nc(Nc2ccc3c(c2)OCCO3)nc2ccccc12)c1ccccc1. The summed E-state index contributed by atoms with van der Waals surface area (Å²) in [6, 6.07) is 24.2. The zero-order chi connectivity index (χ0) is 20.3. The zero-order valence-corrected chi connectivity index (χ0v) is 16.6. The molecule has 1 aliphatic heterocycles. The Bertz CT molecular complexity index is 1180. The van der Waals surface area contributed by atoms with Crippen molar-refractivity contribution in [3.8, 4) is 11.5 Å². The lowest BCUT2D eigenvalue weighted by atomic mass is 10.1. The van der Waals surface area contributed by atoms with Gasteiger partial charge in [0.1, 0.15) is 19.0 Å². The van der Waals surface area contributed by atoms with Crippen LogP contribution in [0.1, 0.15) is 18.5 Å². The topological polar surface area (TPSA) is 68.3 Å². The van der Waals surface area contributed by atoms with Gasteiger partial charge < -0.3 is 20.1 Å². The first-order chi connectivity index (χ1) is 14.8. The lowest BCUT2D eigenvalue weighted by molar-refractivity contribution is 0.171. The molecule has 30 heavy (non-hydrogen) atoms. The summed E-state index contributed by atoms with van der Waals surface area (Å²) in [5.41, 5.74) is 2.91. The maximum atomic E-state index is 5.68. The van der Waals surface area contributed by atoms with E-state index in [-0.39, 0.29) is 6.04 Å². The second-order valence-electron chi connectivity index (χ2n) is 7.17. The van der Waals surface area contributed by atoms with E-state index < -0.39 is 0 Å². The highest BCUT2D eigenvalue weighted by molar-refractivity contribution is 5.90. The number of nitrogens with one attached hydrogen (secondary N) is 2. The van der Waals surface area contributed by atoms with Crippen LogP contribution in [-0.4, -0.2) is 23.2 Å². The monoisotopic (exact) mass is 398 g/mol. The van der Waals surface area contributed by atoms with Gasteiger partial charge in [-0.25, -0.2) is 4.98 Å². The van der Waals surface area contributed by atoms with Crippen LogP contribution in [0.5, 0.6) is 11.5 Å². The van der Waals surface area contributed by atoms with E-state index in [1.807, 2.05) is 60.7 Å². The summed E-state index contributed by atoms with van der Waals surface area (Å²) < 4.78 is 11.3. The molecule has 1 unspecified atom stereocenters. The van der Waals surface area contributed by atoms with Crippen LogP contribution in [0.2, 0.25) is 0 Å². The second kappa shape index (κ2) is 7.91. The number of hydrogen-bond acceptors (Lipinski definition) is 6. The number of benzene rings is 3. The molecule has 1 aromatic heterocycles. The second-order valence-corrected chi connectivity index (χ2v) is 7.17. The largest absolute Gasteiger partial charge is 0.486 e. The van der Waals surface area contributed by atoms with E-state index in [4.69, 9.17) is 14.5 Å². The van der Waals surface area contributed by atoms with Crippen molar-refractivity contribution in [2.24, 2.45) is 0 Å². The first kappa shape index (κ1) is 18.2. The number of aromatic nitrogens is 2. The predicted molar refractivity (Wildman–Crippen MR) is 119 cm³/mol. The van der Waals surface area contributed by atoms with E-state index in [1.54, 1.807) is 0 Å². The van der Waals surface area contributed by atoms with E-state index in [9.17, 15) is 0 Å². The van der Waals surface area contributed by atoms with Gasteiger partial charge in [-0.2, -0.15) is 4.98 Å². The Hall–Kier alpha value is -3.80. The van der Waals surface area contributed by atoms with Crippen LogP contribution >= 0.6 is 0 Å². The number of anilines is 3. The number of ether oxygens (including phenoxy) is 2. The molecule has 5 rings (SSSR count). The molecule has 0 amide bonds. The minimum atomic E-state index is 0.103. The third-order valence-corrected chi connectivity index (χ3v) is 5.05. The van der Waals surface area contributed by atoms with Crippen molar-refractivity contribution in [3.63, 3.8) is 0 Å². The average Bonchev–Trinajstić information content (AvgIpc) is 2.79. The van der Waals surface area contributed by atoms with Crippen molar-refractivity contribution < 1.29 is 9.47 Å². The fraction of sp³-hybridized carbons (Fsp3) is 0.167. The Morgan fingerprint density at radius 3 is 2.47 bits per heavy atom. The van der Waals surface area contributed by atoms with Gasteiger partial charge in [0.2, 0.25) is 5.95 Å². The van der Waals surface area contributed by atoms with E-state index >= 15 is 0 Å². The number of rotatable bonds is 5. The van der Waals surface area contributed by atoms with Gasteiger partial charge in [-0.15, -0.1) is 0 Å². The molecule has 0 aliphatic carbocycles. The summed E-state index contributed by atoms with van der Waals surface area (Å²) in [6.07, 6.45) is 0. The minimum absolute atomic E-state index is 0.103. The summed E-state index contributed by atoms with van der Waals surface area (Å²) in [6.45, 7) is 3.25.